The van der Waals surface area contributed by atoms with Crippen molar-refractivity contribution in [3.63, 3.8) is 0 Å². The molecule has 0 rings (SSSR count). The standard InChI is InChI=1S/C11H24NO4P/c1-5-6-7-8-9-11(10-12(2,3)4)16-17(13,14)15/h8-9,11H,5-7,10H2,1-4H3,(H-,13,14,15)/p+1. The molecule has 0 aromatic heterocycles. The molecule has 2 N–H and O–H groups in total. The number of hydrogen-bond donors (Lipinski definition) is 2. The minimum Gasteiger partial charge on any atom is -0.328 e. The van der Waals surface area contributed by atoms with Gasteiger partial charge in [0.05, 0.1) is 21.1 Å². The lowest BCUT2D eigenvalue weighted by Gasteiger charge is -2.27. The van der Waals surface area contributed by atoms with Gasteiger partial charge < -0.3 is 14.3 Å². The number of likely N-dealkylation sites (N-methyl/N-ethyl adjacent to an activating group) is 1. The lowest BCUT2D eigenvalue weighted by Crippen LogP contribution is -2.41. The van der Waals surface area contributed by atoms with Gasteiger partial charge in [0.2, 0.25) is 0 Å². The first-order chi connectivity index (χ1) is 7.64. The molecule has 0 bridgehead atoms. The predicted molar refractivity (Wildman–Crippen MR) is 68.5 cm³/mol. The summed E-state index contributed by atoms with van der Waals surface area (Å²) in [7, 11) is 1.44. The molecule has 0 aromatic carbocycles. The van der Waals surface area contributed by atoms with E-state index in [-0.39, 0.29) is 0 Å². The van der Waals surface area contributed by atoms with Crippen molar-refractivity contribution in [2.75, 3.05) is 27.7 Å². The Morgan fingerprint density at radius 2 is 1.94 bits per heavy atom. The molecule has 0 saturated heterocycles. The number of phosphoric ester groups is 1. The van der Waals surface area contributed by atoms with Crippen LogP contribution in [0.1, 0.15) is 26.2 Å². The van der Waals surface area contributed by atoms with E-state index in [4.69, 9.17) is 14.3 Å². The fourth-order valence-corrected chi connectivity index (χ4v) is 1.91. The molecular weight excluding hydrogens is 241 g/mol. The van der Waals surface area contributed by atoms with Gasteiger partial charge in [0, 0.05) is 0 Å². The third kappa shape index (κ3) is 12.1. The maximum Gasteiger partial charge on any atom is 0.470 e. The molecule has 6 heteroatoms. The summed E-state index contributed by atoms with van der Waals surface area (Å²) in [6, 6.07) is 0. The number of allylic oxidation sites excluding steroid dienone is 1. The molecule has 17 heavy (non-hydrogen) atoms. The van der Waals surface area contributed by atoms with E-state index in [1.54, 1.807) is 6.08 Å². The molecule has 102 valence electrons. The monoisotopic (exact) mass is 266 g/mol. The van der Waals surface area contributed by atoms with E-state index >= 15 is 0 Å². The van der Waals surface area contributed by atoms with Crippen molar-refractivity contribution in [2.45, 2.75) is 32.3 Å². The summed E-state index contributed by atoms with van der Waals surface area (Å²) in [4.78, 5) is 17.7. The topological polar surface area (TPSA) is 66.8 Å². The molecule has 0 aliphatic rings. The molecule has 0 aliphatic carbocycles. The Bertz CT molecular complexity index is 280. The van der Waals surface area contributed by atoms with Crippen molar-refractivity contribution >= 4 is 7.82 Å². The van der Waals surface area contributed by atoms with E-state index in [1.807, 2.05) is 27.2 Å². The van der Waals surface area contributed by atoms with Crippen LogP contribution in [0.3, 0.4) is 0 Å². The molecule has 0 aromatic rings. The van der Waals surface area contributed by atoms with Crippen LogP contribution in [0.2, 0.25) is 0 Å². The Balaban J connectivity index is 4.41. The Labute approximate surface area is 104 Å². The maximum atomic E-state index is 10.8. The summed E-state index contributed by atoms with van der Waals surface area (Å²) in [6.07, 6.45) is 6.22. The van der Waals surface area contributed by atoms with Crippen LogP contribution in [-0.4, -0.2) is 48.1 Å². The SMILES string of the molecule is CCCCC=CC(C[N+](C)(C)C)OP(=O)(O)O. The fourth-order valence-electron chi connectivity index (χ4n) is 1.42. The molecule has 0 spiro atoms. The number of rotatable bonds is 8. The van der Waals surface area contributed by atoms with Gasteiger partial charge >= 0.3 is 7.82 Å². The highest BCUT2D eigenvalue weighted by Gasteiger charge is 2.24. The van der Waals surface area contributed by atoms with Gasteiger partial charge in [-0.1, -0.05) is 31.9 Å². The highest BCUT2D eigenvalue weighted by Crippen LogP contribution is 2.38. The smallest absolute Gasteiger partial charge is 0.328 e. The van der Waals surface area contributed by atoms with Gasteiger partial charge in [-0.25, -0.2) is 4.57 Å². The zero-order valence-electron chi connectivity index (χ0n) is 11.2. The van der Waals surface area contributed by atoms with E-state index < -0.39 is 13.9 Å². The Hall–Kier alpha value is -0.190. The van der Waals surface area contributed by atoms with Gasteiger partial charge in [-0.05, 0) is 6.42 Å². The number of phosphoric acid groups is 1. The Morgan fingerprint density at radius 1 is 1.35 bits per heavy atom. The van der Waals surface area contributed by atoms with E-state index in [0.717, 1.165) is 19.3 Å². The molecule has 5 nitrogen and oxygen atoms in total. The summed E-state index contributed by atoms with van der Waals surface area (Å²) in [5.74, 6) is 0. The van der Waals surface area contributed by atoms with Crippen molar-refractivity contribution in [3.05, 3.63) is 12.2 Å². The summed E-state index contributed by atoms with van der Waals surface area (Å²) in [5, 5.41) is 0. The molecule has 0 aliphatic heterocycles. The van der Waals surface area contributed by atoms with Crippen molar-refractivity contribution in [1.82, 2.24) is 0 Å². The first-order valence-corrected chi connectivity index (χ1v) is 7.38. The quantitative estimate of drug-likeness (QED) is 0.305. The van der Waals surface area contributed by atoms with Gasteiger partial charge in [-0.3, -0.25) is 4.52 Å². The second kappa shape index (κ2) is 7.29. The molecule has 1 atom stereocenters. The van der Waals surface area contributed by atoms with Gasteiger partial charge in [-0.2, -0.15) is 0 Å². The molecule has 0 saturated carbocycles. The summed E-state index contributed by atoms with van der Waals surface area (Å²) in [6.45, 7) is 2.62. The Morgan fingerprint density at radius 3 is 2.35 bits per heavy atom. The minimum atomic E-state index is -4.42. The average molecular weight is 266 g/mol. The number of nitrogens with zero attached hydrogens (tertiary/aromatic N) is 1. The number of quaternary nitrogens is 1. The second-order valence-corrected chi connectivity index (χ2v) is 6.37. The zero-order valence-corrected chi connectivity index (χ0v) is 12.1. The molecule has 0 fully saturated rings. The number of hydrogen-bond acceptors (Lipinski definition) is 2. The lowest BCUT2D eigenvalue weighted by molar-refractivity contribution is -0.872. The molecular formula is C11H25NO4P+. The summed E-state index contributed by atoms with van der Waals surface area (Å²) in [5.41, 5.74) is 0. The van der Waals surface area contributed by atoms with Gasteiger partial charge in [0.1, 0.15) is 12.6 Å². The molecule has 0 heterocycles. The van der Waals surface area contributed by atoms with E-state index in [0.29, 0.717) is 11.0 Å². The normalized spacial score (nSPS) is 15.4. The van der Waals surface area contributed by atoms with E-state index in [2.05, 4.69) is 6.92 Å². The molecule has 1 unspecified atom stereocenters. The van der Waals surface area contributed by atoms with Crippen molar-refractivity contribution in [2.24, 2.45) is 0 Å². The van der Waals surface area contributed by atoms with Gasteiger partial charge in [-0.15, -0.1) is 0 Å². The van der Waals surface area contributed by atoms with E-state index in [9.17, 15) is 4.57 Å². The van der Waals surface area contributed by atoms with Crippen LogP contribution < -0.4 is 0 Å². The van der Waals surface area contributed by atoms with Crippen LogP contribution in [0.4, 0.5) is 0 Å². The van der Waals surface area contributed by atoms with Crippen LogP contribution in [0.25, 0.3) is 0 Å². The fraction of sp³-hybridized carbons (Fsp3) is 0.818. The highest BCUT2D eigenvalue weighted by molar-refractivity contribution is 7.46. The largest absolute Gasteiger partial charge is 0.470 e. The number of unbranched alkanes of at least 4 members (excludes halogenated alkanes) is 2. The lowest BCUT2D eigenvalue weighted by atomic mass is 10.2. The molecule has 0 radical (unpaired) electrons. The first kappa shape index (κ1) is 16.8. The van der Waals surface area contributed by atoms with Gasteiger partial charge in [0.15, 0.2) is 0 Å². The van der Waals surface area contributed by atoms with Crippen molar-refractivity contribution in [1.29, 1.82) is 0 Å². The minimum absolute atomic E-state index is 0.522. The van der Waals surface area contributed by atoms with Crippen LogP contribution >= 0.6 is 7.82 Å². The summed E-state index contributed by atoms with van der Waals surface area (Å²) >= 11 is 0. The predicted octanol–water partition coefficient (Wildman–Crippen LogP) is 1.92. The van der Waals surface area contributed by atoms with Crippen LogP contribution in [0.15, 0.2) is 12.2 Å². The maximum absolute atomic E-state index is 10.8. The highest BCUT2D eigenvalue weighted by atomic mass is 31.2. The zero-order chi connectivity index (χ0) is 13.5. The van der Waals surface area contributed by atoms with Crippen molar-refractivity contribution < 1.29 is 23.4 Å². The first-order valence-electron chi connectivity index (χ1n) is 5.85. The van der Waals surface area contributed by atoms with E-state index in [1.165, 1.54) is 0 Å². The van der Waals surface area contributed by atoms with Crippen molar-refractivity contribution in [3.8, 4) is 0 Å². The Kier molecular flexibility index (Phi) is 7.21. The third-order valence-corrected chi connectivity index (χ3v) is 2.62. The van der Waals surface area contributed by atoms with Crippen LogP contribution in [-0.2, 0) is 9.09 Å². The van der Waals surface area contributed by atoms with Crippen LogP contribution in [0.5, 0.6) is 0 Å². The second-order valence-electron chi connectivity index (χ2n) is 5.18. The van der Waals surface area contributed by atoms with Gasteiger partial charge in [0.25, 0.3) is 0 Å². The summed E-state index contributed by atoms with van der Waals surface area (Å²) < 4.78 is 16.2. The average Bonchev–Trinajstić information content (AvgIpc) is 2.06. The van der Waals surface area contributed by atoms with Crippen LogP contribution in [0, 0.1) is 0 Å². The molecule has 0 amide bonds. The third-order valence-electron chi connectivity index (χ3n) is 2.08.